The van der Waals surface area contributed by atoms with Gasteiger partial charge in [-0.1, -0.05) is 24.6 Å². The van der Waals surface area contributed by atoms with Crippen LogP contribution in [0.5, 0.6) is 5.75 Å². The largest absolute Gasteiger partial charge is 0.489 e. The molecular weight excluding hydrogens is 354 g/mol. The van der Waals surface area contributed by atoms with Gasteiger partial charge in [-0.3, -0.25) is 0 Å². The van der Waals surface area contributed by atoms with Crippen molar-refractivity contribution in [3.05, 3.63) is 54.6 Å². The molecule has 25 heavy (non-hydrogen) atoms. The lowest BCUT2D eigenvalue weighted by Gasteiger charge is -2.32. The number of ether oxygens (including phenoxy) is 1. The Bertz CT molecular complexity index is 776. The van der Waals surface area contributed by atoms with E-state index in [-0.39, 0.29) is 12.1 Å². The molecule has 1 fully saturated rings. The Morgan fingerprint density at radius 3 is 2.36 bits per heavy atom. The minimum absolute atomic E-state index is 0.146. The zero-order valence-corrected chi connectivity index (χ0v) is 15.9. The summed E-state index contributed by atoms with van der Waals surface area (Å²) < 4.78 is 34.2. The molecule has 1 aliphatic carbocycles. The van der Waals surface area contributed by atoms with E-state index in [2.05, 4.69) is 4.72 Å². The first-order valence-corrected chi connectivity index (χ1v) is 11.2. The van der Waals surface area contributed by atoms with Gasteiger partial charge in [0.2, 0.25) is 10.0 Å². The molecule has 1 saturated carbocycles. The van der Waals surface area contributed by atoms with Crippen LogP contribution in [-0.2, 0) is 10.0 Å². The molecule has 0 saturated heterocycles. The minimum atomic E-state index is -3.53. The summed E-state index contributed by atoms with van der Waals surface area (Å²) in [5.74, 6) is 0.786. The maximum Gasteiger partial charge on any atom is 0.240 e. The molecule has 1 aliphatic rings. The highest BCUT2D eigenvalue weighted by atomic mass is 32.2. The summed E-state index contributed by atoms with van der Waals surface area (Å²) in [6.07, 6.45) is 5.59. The predicted octanol–water partition coefficient (Wildman–Crippen LogP) is 4.08. The van der Waals surface area contributed by atoms with Gasteiger partial charge in [0.05, 0.1) is 10.9 Å². The van der Waals surface area contributed by atoms with Crippen LogP contribution in [0.3, 0.4) is 0 Å². The van der Waals surface area contributed by atoms with Gasteiger partial charge in [-0.05, 0) is 61.9 Å². The highest BCUT2D eigenvalue weighted by Crippen LogP contribution is 2.26. The quantitative estimate of drug-likeness (QED) is 0.771. The van der Waals surface area contributed by atoms with Gasteiger partial charge in [-0.2, -0.15) is 0 Å². The number of sulfonamides is 1. The van der Waals surface area contributed by atoms with E-state index in [4.69, 9.17) is 4.74 Å². The highest BCUT2D eigenvalue weighted by Gasteiger charge is 2.31. The lowest BCUT2D eigenvalue weighted by molar-refractivity contribution is 0.125. The second kappa shape index (κ2) is 8.25. The summed E-state index contributed by atoms with van der Waals surface area (Å²) >= 11 is 1.68. The second-order valence-electron chi connectivity index (χ2n) is 6.16. The SMILES string of the molecule is CSc1ccc(O[C@H]2CCCC[C@H]2NS(=O)(=O)c2ccccc2)cc1. The van der Waals surface area contributed by atoms with Crippen LogP contribution >= 0.6 is 11.8 Å². The van der Waals surface area contributed by atoms with Gasteiger partial charge in [0.25, 0.3) is 0 Å². The van der Waals surface area contributed by atoms with E-state index < -0.39 is 10.0 Å². The van der Waals surface area contributed by atoms with E-state index in [0.29, 0.717) is 4.90 Å². The molecule has 0 spiro atoms. The third-order valence-corrected chi connectivity index (χ3v) is 6.66. The zero-order chi connectivity index (χ0) is 17.7. The lowest BCUT2D eigenvalue weighted by Crippen LogP contribution is -2.47. The van der Waals surface area contributed by atoms with Crippen molar-refractivity contribution in [1.29, 1.82) is 0 Å². The van der Waals surface area contributed by atoms with E-state index in [1.165, 1.54) is 4.90 Å². The molecule has 0 aliphatic heterocycles. The Morgan fingerprint density at radius 1 is 1.00 bits per heavy atom. The molecule has 134 valence electrons. The number of rotatable bonds is 6. The van der Waals surface area contributed by atoms with Crippen molar-refractivity contribution in [1.82, 2.24) is 4.72 Å². The fourth-order valence-corrected chi connectivity index (χ4v) is 4.80. The first-order valence-electron chi connectivity index (χ1n) is 8.46. The van der Waals surface area contributed by atoms with Crippen molar-refractivity contribution in [3.8, 4) is 5.75 Å². The molecule has 0 radical (unpaired) electrons. The van der Waals surface area contributed by atoms with Crippen molar-refractivity contribution in [2.45, 2.75) is 47.6 Å². The van der Waals surface area contributed by atoms with Crippen molar-refractivity contribution in [3.63, 3.8) is 0 Å². The van der Waals surface area contributed by atoms with Crippen molar-refractivity contribution in [2.24, 2.45) is 0 Å². The maximum absolute atomic E-state index is 12.6. The fraction of sp³-hybridized carbons (Fsp3) is 0.368. The van der Waals surface area contributed by atoms with E-state index in [0.717, 1.165) is 31.4 Å². The molecule has 2 atom stereocenters. The molecule has 1 N–H and O–H groups in total. The molecule has 4 nitrogen and oxygen atoms in total. The Labute approximate surface area is 154 Å². The van der Waals surface area contributed by atoms with Crippen molar-refractivity contribution in [2.75, 3.05) is 6.26 Å². The normalized spacial score (nSPS) is 21.0. The van der Waals surface area contributed by atoms with Crippen LogP contribution in [0.1, 0.15) is 25.7 Å². The Balaban J connectivity index is 1.72. The van der Waals surface area contributed by atoms with Gasteiger partial charge < -0.3 is 4.74 Å². The van der Waals surface area contributed by atoms with Gasteiger partial charge in [-0.15, -0.1) is 11.8 Å². The average molecular weight is 378 g/mol. The lowest BCUT2D eigenvalue weighted by atomic mass is 9.93. The molecule has 0 heterocycles. The second-order valence-corrected chi connectivity index (χ2v) is 8.75. The number of benzene rings is 2. The molecule has 0 aromatic heterocycles. The smallest absolute Gasteiger partial charge is 0.240 e. The number of hydrogen-bond donors (Lipinski definition) is 1. The monoisotopic (exact) mass is 377 g/mol. The standard InChI is InChI=1S/C19H23NO3S2/c1-24-16-13-11-15(12-14-16)23-19-10-6-5-9-18(19)20-25(21,22)17-7-3-2-4-8-17/h2-4,7-8,11-14,18-20H,5-6,9-10H2,1H3/t18-,19+/m1/s1. The third-order valence-electron chi connectivity index (χ3n) is 4.41. The van der Waals surface area contributed by atoms with Crippen LogP contribution in [0, 0.1) is 0 Å². The van der Waals surface area contributed by atoms with Crippen LogP contribution in [0.2, 0.25) is 0 Å². The summed E-state index contributed by atoms with van der Waals surface area (Å²) in [5, 5.41) is 0. The Hall–Kier alpha value is -1.50. The molecule has 2 aromatic carbocycles. The van der Waals surface area contributed by atoms with Gasteiger partial charge in [0, 0.05) is 4.90 Å². The van der Waals surface area contributed by atoms with Gasteiger partial charge in [0.15, 0.2) is 0 Å². The van der Waals surface area contributed by atoms with Crippen LogP contribution in [0.4, 0.5) is 0 Å². The average Bonchev–Trinajstić information content (AvgIpc) is 2.64. The molecule has 0 unspecified atom stereocenters. The molecule has 3 rings (SSSR count). The van der Waals surface area contributed by atoms with Gasteiger partial charge >= 0.3 is 0 Å². The first kappa shape index (κ1) is 18.3. The summed E-state index contributed by atoms with van der Waals surface area (Å²) in [5.41, 5.74) is 0. The van der Waals surface area contributed by atoms with E-state index in [1.54, 1.807) is 36.0 Å². The Kier molecular flexibility index (Phi) is 6.04. The molecule has 0 amide bonds. The van der Waals surface area contributed by atoms with Crippen LogP contribution < -0.4 is 9.46 Å². The third kappa shape index (κ3) is 4.77. The summed E-state index contributed by atoms with van der Waals surface area (Å²) in [4.78, 5) is 1.47. The summed E-state index contributed by atoms with van der Waals surface area (Å²) in [7, 11) is -3.53. The topological polar surface area (TPSA) is 55.4 Å². The number of hydrogen-bond acceptors (Lipinski definition) is 4. The van der Waals surface area contributed by atoms with Crippen LogP contribution in [-0.4, -0.2) is 26.8 Å². The number of nitrogens with one attached hydrogen (secondary N) is 1. The van der Waals surface area contributed by atoms with Gasteiger partial charge in [0.1, 0.15) is 11.9 Å². The summed E-state index contributed by atoms with van der Waals surface area (Å²) in [6.45, 7) is 0. The van der Waals surface area contributed by atoms with E-state index in [1.807, 2.05) is 36.6 Å². The van der Waals surface area contributed by atoms with E-state index in [9.17, 15) is 8.42 Å². The number of thioether (sulfide) groups is 1. The predicted molar refractivity (Wildman–Crippen MR) is 102 cm³/mol. The van der Waals surface area contributed by atoms with Crippen molar-refractivity contribution >= 4 is 21.8 Å². The molecule has 2 aromatic rings. The molecular formula is C19H23NO3S2. The molecule has 6 heteroatoms. The van der Waals surface area contributed by atoms with Gasteiger partial charge in [-0.25, -0.2) is 13.1 Å². The van der Waals surface area contributed by atoms with Crippen molar-refractivity contribution < 1.29 is 13.2 Å². The minimum Gasteiger partial charge on any atom is -0.489 e. The highest BCUT2D eigenvalue weighted by molar-refractivity contribution is 7.98. The zero-order valence-electron chi connectivity index (χ0n) is 14.2. The Morgan fingerprint density at radius 2 is 1.68 bits per heavy atom. The molecule has 0 bridgehead atoms. The fourth-order valence-electron chi connectivity index (χ4n) is 3.07. The van der Waals surface area contributed by atoms with Crippen LogP contribution in [0.15, 0.2) is 64.4 Å². The maximum atomic E-state index is 12.6. The summed E-state index contributed by atoms with van der Waals surface area (Å²) in [6, 6.07) is 16.2. The first-order chi connectivity index (χ1) is 12.1. The van der Waals surface area contributed by atoms with E-state index >= 15 is 0 Å². The van der Waals surface area contributed by atoms with Crippen LogP contribution in [0.25, 0.3) is 0 Å².